The Hall–Kier alpha value is -1.41. The third-order valence-electron chi connectivity index (χ3n) is 2.61. The molecule has 1 atom stereocenters. The van der Waals surface area contributed by atoms with Crippen molar-refractivity contribution in [3.05, 3.63) is 41.5 Å². The van der Waals surface area contributed by atoms with Crippen molar-refractivity contribution in [3.8, 4) is 0 Å². The number of rotatable bonds is 5. The Kier molecular flexibility index (Phi) is 5.11. The number of benzene rings is 1. The molecular formula is C15H21NO. The maximum Gasteiger partial charge on any atom is 0.159 e. The van der Waals surface area contributed by atoms with E-state index < -0.39 is 0 Å². The van der Waals surface area contributed by atoms with E-state index in [2.05, 4.69) is 6.07 Å². The maximum absolute atomic E-state index is 11.8. The summed E-state index contributed by atoms with van der Waals surface area (Å²) in [6.45, 7) is 4.80. The molecule has 0 fully saturated rings. The molecule has 0 N–H and O–H groups in total. The lowest BCUT2D eigenvalue weighted by Gasteiger charge is -2.13. The molecule has 0 aliphatic carbocycles. The Morgan fingerprint density at radius 3 is 2.71 bits per heavy atom. The fourth-order valence-electron chi connectivity index (χ4n) is 1.75. The minimum atomic E-state index is 0.0473. The largest absolute Gasteiger partial charge is 0.309 e. The molecule has 17 heavy (non-hydrogen) atoms. The van der Waals surface area contributed by atoms with Gasteiger partial charge in [0.1, 0.15) is 0 Å². The second-order valence-electron chi connectivity index (χ2n) is 4.81. The summed E-state index contributed by atoms with van der Waals surface area (Å²) in [5, 5.41) is 0. The predicted octanol–water partition coefficient (Wildman–Crippen LogP) is 2.78. The predicted molar refractivity (Wildman–Crippen MR) is 72.9 cm³/mol. The summed E-state index contributed by atoms with van der Waals surface area (Å²) < 4.78 is 0. The van der Waals surface area contributed by atoms with Crippen molar-refractivity contribution in [1.29, 1.82) is 0 Å². The maximum atomic E-state index is 11.8. The number of hydrogen-bond donors (Lipinski definition) is 0. The van der Waals surface area contributed by atoms with E-state index in [9.17, 15) is 4.79 Å². The Morgan fingerprint density at radius 1 is 1.41 bits per heavy atom. The average Bonchev–Trinajstić information content (AvgIpc) is 2.25. The van der Waals surface area contributed by atoms with E-state index >= 15 is 0 Å². The number of hydrogen-bond acceptors (Lipinski definition) is 2. The van der Waals surface area contributed by atoms with Gasteiger partial charge in [-0.2, -0.15) is 0 Å². The normalized spacial score (nSPS) is 13.2. The lowest BCUT2D eigenvalue weighted by atomic mass is 10.0. The number of aryl methyl sites for hydroxylation is 1. The Balaban J connectivity index is 2.62. The first-order chi connectivity index (χ1) is 7.99. The molecule has 0 aromatic heterocycles. The molecule has 0 saturated heterocycles. The highest BCUT2D eigenvalue weighted by Gasteiger charge is 2.10. The average molecular weight is 231 g/mol. The van der Waals surface area contributed by atoms with Gasteiger partial charge in [0.2, 0.25) is 0 Å². The number of carbonyl (C=O) groups excluding carboxylic acids is 1. The van der Waals surface area contributed by atoms with Crippen LogP contribution in [0.5, 0.6) is 0 Å². The van der Waals surface area contributed by atoms with Gasteiger partial charge >= 0.3 is 0 Å². The van der Waals surface area contributed by atoms with Gasteiger partial charge in [0.05, 0.1) is 0 Å². The van der Waals surface area contributed by atoms with Crippen LogP contribution < -0.4 is 0 Å². The van der Waals surface area contributed by atoms with Crippen LogP contribution in [0.2, 0.25) is 0 Å². The third-order valence-corrected chi connectivity index (χ3v) is 2.61. The van der Waals surface area contributed by atoms with Crippen LogP contribution in [0.25, 0.3) is 6.08 Å². The standard InChI is InChI=1S/C15H21NO/c1-12-6-5-7-14(10-12)8-9-15(17)13(2)11-16(3)4/h5-10,13H,11H2,1-4H3. The first-order valence-electron chi connectivity index (χ1n) is 5.92. The van der Waals surface area contributed by atoms with E-state index in [4.69, 9.17) is 0 Å². The van der Waals surface area contributed by atoms with Crippen LogP contribution in [0, 0.1) is 12.8 Å². The zero-order valence-corrected chi connectivity index (χ0v) is 11.1. The minimum absolute atomic E-state index is 0.0473. The second kappa shape index (κ2) is 6.36. The van der Waals surface area contributed by atoms with Crippen molar-refractivity contribution >= 4 is 11.9 Å². The molecule has 1 unspecified atom stereocenters. The highest BCUT2D eigenvalue weighted by atomic mass is 16.1. The van der Waals surface area contributed by atoms with E-state index in [1.54, 1.807) is 6.08 Å². The van der Waals surface area contributed by atoms with E-state index in [1.165, 1.54) is 5.56 Å². The molecule has 1 aromatic carbocycles. The number of carbonyl (C=O) groups is 1. The van der Waals surface area contributed by atoms with Gasteiger partial charge < -0.3 is 4.90 Å². The van der Waals surface area contributed by atoms with Crippen LogP contribution in [-0.2, 0) is 4.79 Å². The molecule has 1 aromatic rings. The van der Waals surface area contributed by atoms with Crippen molar-refractivity contribution in [2.24, 2.45) is 5.92 Å². The molecular weight excluding hydrogens is 210 g/mol. The highest BCUT2D eigenvalue weighted by molar-refractivity contribution is 5.95. The molecule has 0 spiro atoms. The van der Waals surface area contributed by atoms with Gasteiger partial charge in [0.25, 0.3) is 0 Å². The first kappa shape index (κ1) is 13.7. The van der Waals surface area contributed by atoms with Crippen molar-refractivity contribution in [2.45, 2.75) is 13.8 Å². The summed E-state index contributed by atoms with van der Waals surface area (Å²) in [7, 11) is 3.96. The number of ketones is 1. The SMILES string of the molecule is Cc1cccc(C=CC(=O)C(C)CN(C)C)c1. The summed E-state index contributed by atoms with van der Waals surface area (Å²) in [6, 6.07) is 8.13. The summed E-state index contributed by atoms with van der Waals surface area (Å²) in [6.07, 6.45) is 3.57. The highest BCUT2D eigenvalue weighted by Crippen LogP contribution is 2.07. The van der Waals surface area contributed by atoms with Gasteiger partial charge in [-0.25, -0.2) is 0 Å². The van der Waals surface area contributed by atoms with Crippen molar-refractivity contribution in [3.63, 3.8) is 0 Å². The van der Waals surface area contributed by atoms with E-state index in [-0.39, 0.29) is 11.7 Å². The molecule has 2 nitrogen and oxygen atoms in total. The monoisotopic (exact) mass is 231 g/mol. The molecule has 0 bridgehead atoms. The van der Waals surface area contributed by atoms with Gasteiger partial charge in [-0.05, 0) is 32.7 Å². The molecule has 92 valence electrons. The van der Waals surface area contributed by atoms with Crippen LogP contribution in [0.15, 0.2) is 30.3 Å². The van der Waals surface area contributed by atoms with E-state index in [1.807, 2.05) is 57.1 Å². The summed E-state index contributed by atoms with van der Waals surface area (Å²) in [5.74, 6) is 0.228. The lowest BCUT2D eigenvalue weighted by Crippen LogP contribution is -2.24. The van der Waals surface area contributed by atoms with Gasteiger partial charge in [-0.1, -0.05) is 42.8 Å². The second-order valence-corrected chi connectivity index (χ2v) is 4.81. The van der Waals surface area contributed by atoms with Gasteiger partial charge in [-0.3, -0.25) is 4.79 Å². The van der Waals surface area contributed by atoms with Gasteiger partial charge in [0.15, 0.2) is 5.78 Å². The van der Waals surface area contributed by atoms with Crippen molar-refractivity contribution < 1.29 is 4.79 Å². The minimum Gasteiger partial charge on any atom is -0.309 e. The van der Waals surface area contributed by atoms with Gasteiger partial charge in [0, 0.05) is 12.5 Å². The fraction of sp³-hybridized carbons (Fsp3) is 0.400. The summed E-state index contributed by atoms with van der Waals surface area (Å²) >= 11 is 0. The molecule has 0 aliphatic rings. The number of nitrogens with zero attached hydrogens (tertiary/aromatic N) is 1. The summed E-state index contributed by atoms with van der Waals surface area (Å²) in [5.41, 5.74) is 2.29. The molecule has 1 rings (SSSR count). The fourth-order valence-corrected chi connectivity index (χ4v) is 1.75. The molecule has 2 heteroatoms. The van der Waals surface area contributed by atoms with Gasteiger partial charge in [-0.15, -0.1) is 0 Å². The molecule has 0 heterocycles. The topological polar surface area (TPSA) is 20.3 Å². The zero-order chi connectivity index (χ0) is 12.8. The Bertz CT molecular complexity index is 407. The quantitative estimate of drug-likeness (QED) is 0.726. The van der Waals surface area contributed by atoms with Crippen LogP contribution >= 0.6 is 0 Å². The Labute approximate surface area is 104 Å². The molecule has 0 amide bonds. The summed E-state index contributed by atoms with van der Waals surface area (Å²) in [4.78, 5) is 13.9. The van der Waals surface area contributed by atoms with Crippen LogP contribution in [0.3, 0.4) is 0 Å². The third kappa shape index (κ3) is 4.96. The molecule has 0 radical (unpaired) electrons. The van der Waals surface area contributed by atoms with Crippen molar-refractivity contribution in [2.75, 3.05) is 20.6 Å². The lowest BCUT2D eigenvalue weighted by molar-refractivity contribution is -0.118. The molecule has 0 saturated carbocycles. The Morgan fingerprint density at radius 2 is 2.12 bits per heavy atom. The van der Waals surface area contributed by atoms with E-state index in [0.717, 1.165) is 12.1 Å². The zero-order valence-electron chi connectivity index (χ0n) is 11.1. The van der Waals surface area contributed by atoms with Crippen LogP contribution in [0.1, 0.15) is 18.1 Å². The van der Waals surface area contributed by atoms with E-state index in [0.29, 0.717) is 0 Å². The number of allylic oxidation sites excluding steroid dienone is 1. The molecule has 0 aliphatic heterocycles. The van der Waals surface area contributed by atoms with Crippen LogP contribution in [0.4, 0.5) is 0 Å². The smallest absolute Gasteiger partial charge is 0.159 e. The van der Waals surface area contributed by atoms with Crippen molar-refractivity contribution in [1.82, 2.24) is 4.90 Å². The first-order valence-corrected chi connectivity index (χ1v) is 5.92. The van der Waals surface area contributed by atoms with Crippen LogP contribution in [-0.4, -0.2) is 31.3 Å².